The Bertz CT molecular complexity index is 1040. The van der Waals surface area contributed by atoms with Crippen molar-refractivity contribution in [2.75, 3.05) is 51.3 Å². The van der Waals surface area contributed by atoms with Crippen LogP contribution < -0.4 is 4.90 Å². The number of hydrogen-bond acceptors (Lipinski definition) is 5. The third-order valence-corrected chi connectivity index (χ3v) is 8.26. The third kappa shape index (κ3) is 5.75. The number of carbonyl (C=O) groups excluding carboxylic acids is 1. The Morgan fingerprint density at radius 2 is 1.61 bits per heavy atom. The zero-order valence-electron chi connectivity index (χ0n) is 19.3. The minimum absolute atomic E-state index is 0.193. The van der Waals surface area contributed by atoms with E-state index in [1.165, 1.54) is 6.07 Å². The number of hydrogen-bond donors (Lipinski definition) is 0. The van der Waals surface area contributed by atoms with E-state index in [4.69, 9.17) is 4.74 Å². The predicted octanol–water partition coefficient (Wildman–Crippen LogP) is 3.36. The van der Waals surface area contributed by atoms with Crippen LogP contribution in [0.1, 0.15) is 41.6 Å². The lowest BCUT2D eigenvalue weighted by Crippen LogP contribution is -2.36. The van der Waals surface area contributed by atoms with Crippen molar-refractivity contribution in [2.45, 2.75) is 37.1 Å². The fraction of sp³-hybridized carbons (Fsp3) is 0.480. The third-order valence-electron chi connectivity index (χ3n) is 6.36. The molecule has 2 aliphatic rings. The van der Waals surface area contributed by atoms with Gasteiger partial charge in [0.1, 0.15) is 0 Å². The molecule has 2 heterocycles. The Morgan fingerprint density at radius 3 is 2.27 bits per heavy atom. The molecule has 2 aromatic carbocycles. The second-order valence-corrected chi connectivity index (χ2v) is 10.7. The van der Waals surface area contributed by atoms with Crippen LogP contribution in [0.4, 0.5) is 5.69 Å². The molecule has 0 atom stereocenters. The molecule has 178 valence electrons. The smallest absolute Gasteiger partial charge is 0.253 e. The number of nitrogens with zero attached hydrogens (tertiary/aromatic N) is 3. The van der Waals surface area contributed by atoms with Gasteiger partial charge in [-0.25, -0.2) is 8.42 Å². The van der Waals surface area contributed by atoms with E-state index >= 15 is 0 Å². The quantitative estimate of drug-likeness (QED) is 0.646. The highest BCUT2D eigenvalue weighted by Gasteiger charge is 2.26. The molecule has 0 N–H and O–H groups in total. The number of anilines is 1. The van der Waals surface area contributed by atoms with Crippen LogP contribution >= 0.6 is 0 Å². The van der Waals surface area contributed by atoms with Gasteiger partial charge in [-0.15, -0.1) is 0 Å². The Hall–Kier alpha value is -2.42. The average molecular weight is 472 g/mol. The van der Waals surface area contributed by atoms with Crippen LogP contribution in [-0.2, 0) is 21.3 Å². The molecule has 0 unspecified atom stereocenters. The molecule has 8 heteroatoms. The van der Waals surface area contributed by atoms with E-state index in [0.29, 0.717) is 25.2 Å². The van der Waals surface area contributed by atoms with Crippen molar-refractivity contribution in [1.29, 1.82) is 0 Å². The van der Waals surface area contributed by atoms with Crippen LogP contribution in [-0.4, -0.2) is 70.0 Å². The second-order valence-electron chi connectivity index (χ2n) is 8.77. The summed E-state index contributed by atoms with van der Waals surface area (Å²) in [6, 6.07) is 14.7. The largest absolute Gasteiger partial charge is 0.378 e. The Labute approximate surface area is 197 Å². The van der Waals surface area contributed by atoms with Gasteiger partial charge in [0.2, 0.25) is 10.0 Å². The SMILES string of the molecule is CN(Cc1ccc(N2CCOCC2)cc1)C(=O)c1cccc(S(=O)(=O)N2CCCCCC2)c1. The van der Waals surface area contributed by atoms with Gasteiger partial charge in [-0.05, 0) is 48.7 Å². The summed E-state index contributed by atoms with van der Waals surface area (Å²) in [5.41, 5.74) is 2.57. The average Bonchev–Trinajstić information content (AvgIpc) is 3.15. The molecular weight excluding hydrogens is 438 g/mol. The summed E-state index contributed by atoms with van der Waals surface area (Å²) in [6.07, 6.45) is 3.88. The molecule has 33 heavy (non-hydrogen) atoms. The van der Waals surface area contributed by atoms with Gasteiger partial charge in [-0.3, -0.25) is 4.79 Å². The van der Waals surface area contributed by atoms with Crippen molar-refractivity contribution >= 4 is 21.6 Å². The highest BCUT2D eigenvalue weighted by molar-refractivity contribution is 7.89. The van der Waals surface area contributed by atoms with E-state index in [1.807, 2.05) is 12.1 Å². The molecule has 7 nitrogen and oxygen atoms in total. The van der Waals surface area contributed by atoms with Gasteiger partial charge in [0.05, 0.1) is 18.1 Å². The lowest BCUT2D eigenvalue weighted by molar-refractivity contribution is 0.0785. The van der Waals surface area contributed by atoms with Gasteiger partial charge >= 0.3 is 0 Å². The maximum atomic E-state index is 13.1. The van der Waals surface area contributed by atoms with Crippen LogP contribution in [0, 0.1) is 0 Å². The molecule has 0 bridgehead atoms. The van der Waals surface area contributed by atoms with Gasteiger partial charge in [0.25, 0.3) is 5.91 Å². The van der Waals surface area contributed by atoms with Crippen molar-refractivity contribution in [3.05, 3.63) is 59.7 Å². The first-order chi connectivity index (χ1) is 15.9. The van der Waals surface area contributed by atoms with Crippen molar-refractivity contribution in [3.8, 4) is 0 Å². The van der Waals surface area contributed by atoms with Crippen LogP contribution in [0.5, 0.6) is 0 Å². The predicted molar refractivity (Wildman–Crippen MR) is 129 cm³/mol. The summed E-state index contributed by atoms with van der Waals surface area (Å²) >= 11 is 0. The normalized spacial score (nSPS) is 18.0. The van der Waals surface area contributed by atoms with E-state index in [0.717, 1.165) is 63.2 Å². The topological polar surface area (TPSA) is 70.2 Å². The van der Waals surface area contributed by atoms with E-state index in [2.05, 4.69) is 17.0 Å². The highest BCUT2D eigenvalue weighted by Crippen LogP contribution is 2.22. The minimum atomic E-state index is -3.59. The van der Waals surface area contributed by atoms with Gasteiger partial charge in [0.15, 0.2) is 0 Å². The molecule has 4 rings (SSSR count). The van der Waals surface area contributed by atoms with E-state index in [9.17, 15) is 13.2 Å². The number of carbonyl (C=O) groups is 1. The molecule has 2 fully saturated rings. The van der Waals surface area contributed by atoms with E-state index in [-0.39, 0.29) is 10.8 Å². The van der Waals surface area contributed by atoms with Gasteiger partial charge in [-0.1, -0.05) is 31.0 Å². The number of sulfonamides is 1. The number of amides is 1. The molecule has 0 radical (unpaired) electrons. The minimum Gasteiger partial charge on any atom is -0.378 e. The summed E-state index contributed by atoms with van der Waals surface area (Å²) in [4.78, 5) is 17.2. The van der Waals surface area contributed by atoms with Gasteiger partial charge in [-0.2, -0.15) is 4.31 Å². The molecule has 0 saturated carbocycles. The van der Waals surface area contributed by atoms with Crippen LogP contribution in [0.25, 0.3) is 0 Å². The molecular formula is C25H33N3O4S. The molecule has 0 aliphatic carbocycles. The van der Waals surface area contributed by atoms with Crippen molar-refractivity contribution in [2.24, 2.45) is 0 Å². The molecule has 2 aromatic rings. The first-order valence-electron chi connectivity index (χ1n) is 11.7. The zero-order chi connectivity index (χ0) is 23.3. The lowest BCUT2D eigenvalue weighted by Gasteiger charge is -2.29. The summed E-state index contributed by atoms with van der Waals surface area (Å²) in [5, 5.41) is 0. The summed E-state index contributed by atoms with van der Waals surface area (Å²) in [6.45, 7) is 4.78. The maximum Gasteiger partial charge on any atom is 0.253 e. The first kappa shape index (κ1) is 23.7. The van der Waals surface area contributed by atoms with Crippen molar-refractivity contribution in [1.82, 2.24) is 9.21 Å². The number of rotatable bonds is 6. The molecule has 1 amide bonds. The highest BCUT2D eigenvalue weighted by atomic mass is 32.2. The Kier molecular flexibility index (Phi) is 7.67. The summed E-state index contributed by atoms with van der Waals surface area (Å²) in [7, 11) is -1.85. The van der Waals surface area contributed by atoms with Gasteiger partial charge < -0.3 is 14.5 Å². The van der Waals surface area contributed by atoms with Crippen LogP contribution in [0.3, 0.4) is 0 Å². The fourth-order valence-corrected chi connectivity index (χ4v) is 5.98. The zero-order valence-corrected chi connectivity index (χ0v) is 20.1. The maximum absolute atomic E-state index is 13.1. The number of morpholine rings is 1. The standard InChI is InChI=1S/C25H33N3O4S/c1-26(20-21-9-11-23(12-10-21)27-15-17-32-18-16-27)25(29)22-7-6-8-24(19-22)33(30,31)28-13-4-2-3-5-14-28/h6-12,19H,2-5,13-18,20H2,1H3. The Morgan fingerprint density at radius 1 is 0.939 bits per heavy atom. The van der Waals surface area contributed by atoms with Crippen LogP contribution in [0.2, 0.25) is 0 Å². The Balaban J connectivity index is 1.43. The van der Waals surface area contributed by atoms with E-state index < -0.39 is 10.0 Å². The monoisotopic (exact) mass is 471 g/mol. The van der Waals surface area contributed by atoms with Crippen molar-refractivity contribution < 1.29 is 17.9 Å². The molecule has 2 saturated heterocycles. The molecule has 0 aromatic heterocycles. The second kappa shape index (κ2) is 10.7. The molecule has 0 spiro atoms. The lowest BCUT2D eigenvalue weighted by atomic mass is 10.1. The number of benzene rings is 2. The fourth-order valence-electron chi connectivity index (χ4n) is 4.42. The summed E-state index contributed by atoms with van der Waals surface area (Å²) in [5.74, 6) is -0.194. The van der Waals surface area contributed by atoms with Crippen molar-refractivity contribution in [3.63, 3.8) is 0 Å². The van der Waals surface area contributed by atoms with Gasteiger partial charge in [0, 0.05) is 51.0 Å². The van der Waals surface area contributed by atoms with E-state index in [1.54, 1.807) is 34.5 Å². The summed E-state index contributed by atoms with van der Waals surface area (Å²) < 4.78 is 33.2. The van der Waals surface area contributed by atoms with Crippen LogP contribution in [0.15, 0.2) is 53.4 Å². The first-order valence-corrected chi connectivity index (χ1v) is 13.2. The number of ether oxygens (including phenoxy) is 1. The molecule has 2 aliphatic heterocycles.